The fourth-order valence-corrected chi connectivity index (χ4v) is 10.3. The van der Waals surface area contributed by atoms with Gasteiger partial charge in [0.15, 0.2) is 0 Å². The summed E-state index contributed by atoms with van der Waals surface area (Å²) in [6.07, 6.45) is 0. The summed E-state index contributed by atoms with van der Waals surface area (Å²) in [5, 5.41) is 12.9. The van der Waals surface area contributed by atoms with E-state index in [1.54, 1.807) is 0 Å². The molecule has 1 aliphatic carbocycles. The van der Waals surface area contributed by atoms with Crippen LogP contribution in [0.2, 0.25) is 0 Å². The average molecular weight is 695 g/mol. The van der Waals surface area contributed by atoms with E-state index in [-0.39, 0.29) is 0 Å². The predicted octanol–water partition coefficient (Wildman–Crippen LogP) is 14.6. The van der Waals surface area contributed by atoms with Crippen molar-refractivity contribution >= 4 is 53.9 Å². The number of hydrogen-bond donors (Lipinski definition) is 0. The Bertz CT molecular complexity index is 3250. The lowest BCUT2D eigenvalue weighted by Crippen LogP contribution is -2.28. The Morgan fingerprint density at radius 1 is 0.236 bits per heavy atom. The van der Waals surface area contributed by atoms with Gasteiger partial charge in [0, 0.05) is 0 Å². The van der Waals surface area contributed by atoms with Gasteiger partial charge in [-0.3, -0.25) is 0 Å². The summed E-state index contributed by atoms with van der Waals surface area (Å²) in [6.45, 7) is 0. The normalized spacial score (nSPS) is 13.2. The van der Waals surface area contributed by atoms with E-state index in [2.05, 4.69) is 206 Å². The first-order chi connectivity index (χ1) is 27.3. The molecule has 11 aromatic carbocycles. The van der Waals surface area contributed by atoms with E-state index >= 15 is 0 Å². The van der Waals surface area contributed by atoms with Crippen LogP contribution >= 0.6 is 0 Å². The molecular formula is C55H34. The molecule has 0 spiro atoms. The Morgan fingerprint density at radius 3 is 1.40 bits per heavy atom. The minimum absolute atomic E-state index is 0.423. The van der Waals surface area contributed by atoms with Crippen molar-refractivity contribution in [3.8, 4) is 33.4 Å². The van der Waals surface area contributed by atoms with Crippen LogP contribution in [0.25, 0.3) is 87.2 Å². The van der Waals surface area contributed by atoms with Crippen LogP contribution in [-0.2, 0) is 5.41 Å². The van der Waals surface area contributed by atoms with E-state index in [9.17, 15) is 0 Å². The minimum Gasteiger partial charge on any atom is -0.0622 e. The van der Waals surface area contributed by atoms with Crippen LogP contribution in [0.1, 0.15) is 22.3 Å². The van der Waals surface area contributed by atoms with Gasteiger partial charge in [0.25, 0.3) is 0 Å². The highest BCUT2D eigenvalue weighted by atomic mass is 14.5. The van der Waals surface area contributed by atoms with E-state index in [0.29, 0.717) is 0 Å². The van der Waals surface area contributed by atoms with Crippen LogP contribution in [0.15, 0.2) is 206 Å². The van der Waals surface area contributed by atoms with Gasteiger partial charge in [0.05, 0.1) is 5.41 Å². The van der Waals surface area contributed by atoms with Gasteiger partial charge in [-0.2, -0.15) is 0 Å². The molecule has 0 bridgehead atoms. The molecule has 0 unspecified atom stereocenters. The molecule has 0 amide bonds. The molecule has 0 N–H and O–H groups in total. The molecule has 0 heterocycles. The van der Waals surface area contributed by atoms with Crippen molar-refractivity contribution in [2.45, 2.75) is 5.41 Å². The molecule has 0 aromatic heterocycles. The van der Waals surface area contributed by atoms with Gasteiger partial charge in [-0.1, -0.05) is 206 Å². The Morgan fingerprint density at radius 2 is 0.709 bits per heavy atom. The molecule has 11 aromatic rings. The van der Waals surface area contributed by atoms with Gasteiger partial charge in [-0.25, -0.2) is 0 Å². The SMILES string of the molecule is c1ccc(C2(c3ccccc3)c3ccccc3-c3c2ccc2c(-c4ccc5ccc6c(-c7cccc8ccccc78)ccc7ccc4c5c76)cccc32)cc1. The monoisotopic (exact) mass is 694 g/mol. The van der Waals surface area contributed by atoms with Crippen LogP contribution in [0.4, 0.5) is 0 Å². The molecule has 0 saturated heterocycles. The molecule has 0 fully saturated rings. The van der Waals surface area contributed by atoms with Crippen LogP contribution in [0, 0.1) is 0 Å². The Hall–Kier alpha value is -7.02. The van der Waals surface area contributed by atoms with E-state index < -0.39 is 5.41 Å². The van der Waals surface area contributed by atoms with Crippen molar-refractivity contribution in [3.63, 3.8) is 0 Å². The largest absolute Gasteiger partial charge is 0.0713 e. The van der Waals surface area contributed by atoms with E-state index in [1.165, 1.54) is 109 Å². The fourth-order valence-electron chi connectivity index (χ4n) is 10.3. The molecule has 55 heavy (non-hydrogen) atoms. The Kier molecular flexibility index (Phi) is 6.36. The van der Waals surface area contributed by atoms with Crippen molar-refractivity contribution in [2.24, 2.45) is 0 Å². The van der Waals surface area contributed by atoms with Crippen LogP contribution < -0.4 is 0 Å². The summed E-state index contributed by atoms with van der Waals surface area (Å²) < 4.78 is 0. The molecule has 0 radical (unpaired) electrons. The maximum Gasteiger partial charge on any atom is 0.0713 e. The third kappa shape index (κ3) is 4.12. The molecule has 0 saturated carbocycles. The number of rotatable bonds is 4. The lowest BCUT2D eigenvalue weighted by atomic mass is 9.67. The molecular weight excluding hydrogens is 661 g/mol. The first kappa shape index (κ1) is 30.4. The third-order valence-corrected chi connectivity index (χ3v) is 12.5. The van der Waals surface area contributed by atoms with Crippen LogP contribution in [0.5, 0.6) is 0 Å². The Labute approximate surface area is 319 Å². The second-order valence-corrected chi connectivity index (χ2v) is 15.1. The van der Waals surface area contributed by atoms with E-state index in [0.717, 1.165) is 0 Å². The maximum atomic E-state index is 2.42. The molecule has 254 valence electrons. The van der Waals surface area contributed by atoms with Crippen molar-refractivity contribution in [2.75, 3.05) is 0 Å². The number of fused-ring (bicyclic) bond motifs is 6. The summed E-state index contributed by atoms with van der Waals surface area (Å²) in [4.78, 5) is 0. The first-order valence-electron chi connectivity index (χ1n) is 19.3. The number of benzene rings is 11. The number of hydrogen-bond acceptors (Lipinski definition) is 0. The Balaban J connectivity index is 1.13. The van der Waals surface area contributed by atoms with Gasteiger partial charge in [-0.05, 0) is 109 Å². The summed E-state index contributed by atoms with van der Waals surface area (Å²) in [5.74, 6) is 0. The quantitative estimate of drug-likeness (QED) is 0.161. The molecule has 1 aliphatic rings. The fraction of sp³-hybridized carbons (Fsp3) is 0.0182. The zero-order valence-electron chi connectivity index (χ0n) is 30.1. The third-order valence-electron chi connectivity index (χ3n) is 12.5. The smallest absolute Gasteiger partial charge is 0.0622 e. The van der Waals surface area contributed by atoms with Crippen molar-refractivity contribution in [1.29, 1.82) is 0 Å². The standard InChI is InChI=1S/C55H34/c1-3-15-38(16-4-1)55(39-17-5-2-6-18-39)50-24-10-9-20-49(50)54-46-23-12-22-42(45(46)33-34-51(54)55)44-30-26-37-27-31-47-43(29-25-36-28-32-48(44)53(37)52(36)47)41-21-11-14-35-13-7-8-19-40(35)41/h1-34H. The summed E-state index contributed by atoms with van der Waals surface area (Å²) in [5.41, 5.74) is 12.6. The molecule has 0 aliphatic heterocycles. The van der Waals surface area contributed by atoms with Crippen molar-refractivity contribution < 1.29 is 0 Å². The van der Waals surface area contributed by atoms with Crippen molar-refractivity contribution in [1.82, 2.24) is 0 Å². The van der Waals surface area contributed by atoms with E-state index in [4.69, 9.17) is 0 Å². The molecule has 0 nitrogen and oxygen atoms in total. The zero-order chi connectivity index (χ0) is 36.1. The van der Waals surface area contributed by atoms with Gasteiger partial charge in [-0.15, -0.1) is 0 Å². The minimum atomic E-state index is -0.423. The van der Waals surface area contributed by atoms with E-state index in [1.807, 2.05) is 0 Å². The van der Waals surface area contributed by atoms with Gasteiger partial charge >= 0.3 is 0 Å². The van der Waals surface area contributed by atoms with Gasteiger partial charge < -0.3 is 0 Å². The van der Waals surface area contributed by atoms with Gasteiger partial charge in [0.2, 0.25) is 0 Å². The molecule has 0 heteroatoms. The summed E-state index contributed by atoms with van der Waals surface area (Å²) in [7, 11) is 0. The highest BCUT2D eigenvalue weighted by molar-refractivity contribution is 6.29. The van der Waals surface area contributed by atoms with Crippen molar-refractivity contribution in [3.05, 3.63) is 229 Å². The molecule has 12 rings (SSSR count). The lowest BCUT2D eigenvalue weighted by molar-refractivity contribution is 0.769. The average Bonchev–Trinajstić information content (AvgIpc) is 3.57. The highest BCUT2D eigenvalue weighted by Crippen LogP contribution is 2.58. The van der Waals surface area contributed by atoms with Gasteiger partial charge in [0.1, 0.15) is 0 Å². The predicted molar refractivity (Wildman–Crippen MR) is 233 cm³/mol. The van der Waals surface area contributed by atoms with Crippen LogP contribution in [0.3, 0.4) is 0 Å². The van der Waals surface area contributed by atoms with Crippen LogP contribution in [-0.4, -0.2) is 0 Å². The first-order valence-corrected chi connectivity index (χ1v) is 19.3. The second-order valence-electron chi connectivity index (χ2n) is 15.1. The lowest BCUT2D eigenvalue weighted by Gasteiger charge is -2.34. The maximum absolute atomic E-state index is 2.42. The zero-order valence-corrected chi connectivity index (χ0v) is 30.1. The summed E-state index contributed by atoms with van der Waals surface area (Å²) >= 11 is 0. The highest BCUT2D eigenvalue weighted by Gasteiger charge is 2.46. The topological polar surface area (TPSA) is 0 Å². The second kappa shape index (κ2) is 11.5. The summed E-state index contributed by atoms with van der Waals surface area (Å²) in [6, 6.07) is 77.1. The molecule has 0 atom stereocenters.